The van der Waals surface area contributed by atoms with E-state index in [1.54, 1.807) is 7.11 Å². The molecule has 0 bridgehead atoms. The topological polar surface area (TPSA) is 83.1 Å². The van der Waals surface area contributed by atoms with Crippen molar-refractivity contribution in [3.8, 4) is 5.75 Å². The molecule has 0 spiro atoms. The van der Waals surface area contributed by atoms with Crippen molar-refractivity contribution in [3.05, 3.63) is 41.0 Å². The van der Waals surface area contributed by atoms with Crippen LogP contribution in [0.25, 0.3) is 0 Å². The van der Waals surface area contributed by atoms with Crippen LogP contribution in [-0.2, 0) is 12.8 Å². The van der Waals surface area contributed by atoms with Crippen LogP contribution < -0.4 is 10.1 Å². The number of H-pyrrole nitrogens is 1. The summed E-state index contributed by atoms with van der Waals surface area (Å²) >= 11 is 0. The second kappa shape index (κ2) is 8.95. The number of benzene rings is 1. The number of carbonyl (C=O) groups excluding carboxylic acids is 1. The SMILES string of the molecule is COc1ccc(C(=O)NCCc2n[nH]c(C)n2)cc1CC1CCN(CC2CC2)C1. The summed E-state index contributed by atoms with van der Waals surface area (Å²) in [6.45, 7) is 6.00. The van der Waals surface area contributed by atoms with Crippen LogP contribution in [0.1, 0.15) is 46.8 Å². The molecule has 1 unspecified atom stereocenters. The molecule has 29 heavy (non-hydrogen) atoms. The first kappa shape index (κ1) is 19.9. The normalized spacial score (nSPS) is 19.4. The Hall–Kier alpha value is -2.41. The molecule has 2 aromatic rings. The van der Waals surface area contributed by atoms with Gasteiger partial charge in [-0.15, -0.1) is 0 Å². The van der Waals surface area contributed by atoms with Crippen molar-refractivity contribution in [1.29, 1.82) is 0 Å². The fraction of sp³-hybridized carbons (Fsp3) is 0.591. The molecule has 0 radical (unpaired) electrons. The lowest BCUT2D eigenvalue weighted by Crippen LogP contribution is -2.26. The smallest absolute Gasteiger partial charge is 0.251 e. The van der Waals surface area contributed by atoms with E-state index in [1.807, 2.05) is 25.1 Å². The van der Waals surface area contributed by atoms with Gasteiger partial charge in [0.05, 0.1) is 7.11 Å². The predicted octanol–water partition coefficient (Wildman–Crippen LogP) is 2.37. The zero-order valence-corrected chi connectivity index (χ0v) is 17.4. The maximum Gasteiger partial charge on any atom is 0.251 e. The summed E-state index contributed by atoms with van der Waals surface area (Å²) in [7, 11) is 1.70. The van der Waals surface area contributed by atoms with E-state index in [2.05, 4.69) is 25.4 Å². The van der Waals surface area contributed by atoms with Crippen LogP contribution in [0.5, 0.6) is 5.75 Å². The largest absolute Gasteiger partial charge is 0.496 e. The van der Waals surface area contributed by atoms with Crippen molar-refractivity contribution in [2.24, 2.45) is 11.8 Å². The minimum Gasteiger partial charge on any atom is -0.496 e. The van der Waals surface area contributed by atoms with E-state index in [0.29, 0.717) is 24.4 Å². The Labute approximate surface area is 172 Å². The van der Waals surface area contributed by atoms with Gasteiger partial charge in [-0.25, -0.2) is 4.98 Å². The summed E-state index contributed by atoms with van der Waals surface area (Å²) < 4.78 is 5.57. The molecular weight excluding hydrogens is 366 g/mol. The van der Waals surface area contributed by atoms with Gasteiger partial charge in [0.25, 0.3) is 5.91 Å². The molecule has 156 valence electrons. The first-order chi connectivity index (χ1) is 14.1. The third-order valence-electron chi connectivity index (χ3n) is 5.91. The summed E-state index contributed by atoms with van der Waals surface area (Å²) in [6, 6.07) is 5.75. The van der Waals surface area contributed by atoms with E-state index in [-0.39, 0.29) is 5.91 Å². The summed E-state index contributed by atoms with van der Waals surface area (Å²) in [5, 5.41) is 9.89. The van der Waals surface area contributed by atoms with E-state index in [9.17, 15) is 4.79 Å². The molecule has 1 aromatic carbocycles. The number of ether oxygens (including phenoxy) is 1. The minimum atomic E-state index is -0.0667. The quantitative estimate of drug-likeness (QED) is 0.679. The highest BCUT2D eigenvalue weighted by molar-refractivity contribution is 5.94. The van der Waals surface area contributed by atoms with Crippen LogP contribution in [0.2, 0.25) is 0 Å². The van der Waals surface area contributed by atoms with Gasteiger partial charge in [-0.3, -0.25) is 9.89 Å². The first-order valence-corrected chi connectivity index (χ1v) is 10.7. The number of amides is 1. The summed E-state index contributed by atoms with van der Waals surface area (Å²) in [5.41, 5.74) is 1.81. The average molecular weight is 398 g/mol. The maximum atomic E-state index is 12.6. The minimum absolute atomic E-state index is 0.0667. The standard InChI is InChI=1S/C22H31N5O2/c1-15-24-21(26-25-15)7-9-23-22(28)18-5-6-20(29-2)19(12-18)11-17-8-10-27(14-17)13-16-3-4-16/h5-6,12,16-17H,3-4,7-11,13-14H2,1-2H3,(H,23,28)(H,24,25,26). The number of methoxy groups -OCH3 is 1. The predicted molar refractivity (Wildman–Crippen MR) is 111 cm³/mol. The van der Waals surface area contributed by atoms with Gasteiger partial charge in [0.2, 0.25) is 0 Å². The molecule has 1 aromatic heterocycles. The molecule has 1 saturated carbocycles. The Morgan fingerprint density at radius 2 is 2.17 bits per heavy atom. The summed E-state index contributed by atoms with van der Waals surface area (Å²) in [6.07, 6.45) is 5.60. The molecule has 1 aliphatic carbocycles. The Bertz CT molecular complexity index is 845. The third-order valence-corrected chi connectivity index (χ3v) is 5.91. The Morgan fingerprint density at radius 1 is 1.31 bits per heavy atom. The molecule has 2 fully saturated rings. The van der Waals surface area contributed by atoms with Gasteiger partial charge in [-0.2, -0.15) is 5.10 Å². The van der Waals surface area contributed by atoms with E-state index < -0.39 is 0 Å². The monoisotopic (exact) mass is 397 g/mol. The number of aromatic nitrogens is 3. The van der Waals surface area contributed by atoms with E-state index in [1.165, 1.54) is 32.4 Å². The number of carbonyl (C=O) groups is 1. The van der Waals surface area contributed by atoms with Gasteiger partial charge in [-0.05, 0) is 74.8 Å². The molecule has 2 heterocycles. The number of hydrogen-bond acceptors (Lipinski definition) is 5. The molecule has 1 saturated heterocycles. The average Bonchev–Trinajstić information content (AvgIpc) is 3.26. The number of nitrogens with one attached hydrogen (secondary N) is 2. The Kier molecular flexibility index (Phi) is 6.13. The molecular formula is C22H31N5O2. The van der Waals surface area contributed by atoms with Crippen molar-refractivity contribution < 1.29 is 9.53 Å². The number of likely N-dealkylation sites (tertiary alicyclic amines) is 1. The highest BCUT2D eigenvalue weighted by atomic mass is 16.5. The van der Waals surface area contributed by atoms with Crippen molar-refractivity contribution in [1.82, 2.24) is 25.4 Å². The third kappa shape index (κ3) is 5.35. The number of hydrogen-bond donors (Lipinski definition) is 2. The van der Waals surface area contributed by atoms with Gasteiger partial charge in [-0.1, -0.05) is 0 Å². The molecule has 1 aliphatic heterocycles. The van der Waals surface area contributed by atoms with E-state index in [4.69, 9.17) is 4.74 Å². The summed E-state index contributed by atoms with van der Waals surface area (Å²) in [4.78, 5) is 19.5. The number of aromatic amines is 1. The lowest BCUT2D eigenvalue weighted by molar-refractivity contribution is 0.0954. The molecule has 1 amide bonds. The van der Waals surface area contributed by atoms with E-state index >= 15 is 0 Å². The van der Waals surface area contributed by atoms with Gasteiger partial charge < -0.3 is 15.0 Å². The van der Waals surface area contributed by atoms with Gasteiger partial charge in [0.15, 0.2) is 5.82 Å². The Balaban J connectivity index is 1.33. The zero-order valence-electron chi connectivity index (χ0n) is 17.4. The zero-order chi connectivity index (χ0) is 20.2. The Morgan fingerprint density at radius 3 is 2.90 bits per heavy atom. The van der Waals surface area contributed by atoms with Crippen molar-refractivity contribution in [3.63, 3.8) is 0 Å². The van der Waals surface area contributed by atoms with Crippen LogP contribution in [0.15, 0.2) is 18.2 Å². The van der Waals surface area contributed by atoms with Gasteiger partial charge >= 0.3 is 0 Å². The molecule has 2 N–H and O–H groups in total. The lowest BCUT2D eigenvalue weighted by Gasteiger charge is -2.17. The summed E-state index contributed by atoms with van der Waals surface area (Å²) in [5.74, 6) is 3.89. The lowest BCUT2D eigenvalue weighted by atomic mass is 9.96. The second-order valence-corrected chi connectivity index (χ2v) is 8.43. The maximum absolute atomic E-state index is 12.6. The van der Waals surface area contributed by atoms with Crippen molar-refractivity contribution in [2.75, 3.05) is 33.3 Å². The molecule has 4 rings (SSSR count). The van der Waals surface area contributed by atoms with Crippen LogP contribution in [0.4, 0.5) is 0 Å². The first-order valence-electron chi connectivity index (χ1n) is 10.7. The molecule has 1 atom stereocenters. The fourth-order valence-corrected chi connectivity index (χ4v) is 4.19. The van der Waals surface area contributed by atoms with Crippen LogP contribution in [-0.4, -0.2) is 59.3 Å². The van der Waals surface area contributed by atoms with E-state index in [0.717, 1.165) is 41.8 Å². The van der Waals surface area contributed by atoms with Gasteiger partial charge in [0, 0.05) is 31.6 Å². The molecule has 7 nitrogen and oxygen atoms in total. The second-order valence-electron chi connectivity index (χ2n) is 8.43. The number of nitrogens with zero attached hydrogens (tertiary/aromatic N) is 3. The van der Waals surface area contributed by atoms with Crippen LogP contribution >= 0.6 is 0 Å². The molecule has 2 aliphatic rings. The van der Waals surface area contributed by atoms with Crippen molar-refractivity contribution >= 4 is 5.91 Å². The fourth-order valence-electron chi connectivity index (χ4n) is 4.19. The highest BCUT2D eigenvalue weighted by Gasteiger charge is 2.29. The van der Waals surface area contributed by atoms with Gasteiger partial charge in [0.1, 0.15) is 11.6 Å². The van der Waals surface area contributed by atoms with Crippen molar-refractivity contribution in [2.45, 2.75) is 39.0 Å². The molecule has 7 heteroatoms. The number of rotatable bonds is 9. The number of aryl methyl sites for hydroxylation is 1. The van der Waals surface area contributed by atoms with Crippen LogP contribution in [0.3, 0.4) is 0 Å². The highest BCUT2D eigenvalue weighted by Crippen LogP contribution is 2.33. The van der Waals surface area contributed by atoms with Crippen LogP contribution in [0, 0.1) is 18.8 Å².